The zero-order chi connectivity index (χ0) is 10.7. The fourth-order valence-corrected chi connectivity index (χ4v) is 1.92. The molecular formula is C13H20N2. The lowest BCUT2D eigenvalue weighted by Crippen LogP contribution is -2.29. The summed E-state index contributed by atoms with van der Waals surface area (Å²) in [4.78, 5) is 0. The molecule has 0 unspecified atom stereocenters. The largest absolute Gasteiger partial charge is 0.330 e. The SMILES string of the molecule is Cc1cccc(CNCC2(CN)CC2)c1. The summed E-state index contributed by atoms with van der Waals surface area (Å²) in [6.45, 7) is 4.99. The first-order valence-electron chi connectivity index (χ1n) is 5.70. The van der Waals surface area contributed by atoms with Crippen molar-refractivity contribution in [2.45, 2.75) is 26.3 Å². The molecule has 0 amide bonds. The molecule has 2 heteroatoms. The quantitative estimate of drug-likeness (QED) is 0.768. The Morgan fingerprint density at radius 3 is 2.80 bits per heavy atom. The summed E-state index contributed by atoms with van der Waals surface area (Å²) in [5.41, 5.74) is 8.86. The summed E-state index contributed by atoms with van der Waals surface area (Å²) < 4.78 is 0. The third-order valence-electron chi connectivity index (χ3n) is 3.30. The summed E-state index contributed by atoms with van der Waals surface area (Å²) in [7, 11) is 0. The first kappa shape index (κ1) is 10.7. The van der Waals surface area contributed by atoms with Crippen LogP contribution in [0, 0.1) is 12.3 Å². The number of benzene rings is 1. The van der Waals surface area contributed by atoms with Gasteiger partial charge in [0.05, 0.1) is 0 Å². The van der Waals surface area contributed by atoms with Crippen LogP contribution in [0.5, 0.6) is 0 Å². The van der Waals surface area contributed by atoms with Gasteiger partial charge in [0.25, 0.3) is 0 Å². The molecule has 1 saturated carbocycles. The molecule has 1 aromatic carbocycles. The van der Waals surface area contributed by atoms with E-state index in [-0.39, 0.29) is 0 Å². The van der Waals surface area contributed by atoms with Gasteiger partial charge in [-0.2, -0.15) is 0 Å². The molecule has 1 fully saturated rings. The normalized spacial score (nSPS) is 17.7. The Kier molecular flexibility index (Phi) is 3.08. The zero-order valence-corrected chi connectivity index (χ0v) is 9.42. The molecule has 15 heavy (non-hydrogen) atoms. The van der Waals surface area contributed by atoms with E-state index >= 15 is 0 Å². The Labute approximate surface area is 91.9 Å². The van der Waals surface area contributed by atoms with Crippen molar-refractivity contribution in [1.29, 1.82) is 0 Å². The average Bonchev–Trinajstić information content (AvgIpc) is 2.99. The number of aryl methyl sites for hydroxylation is 1. The van der Waals surface area contributed by atoms with E-state index in [1.54, 1.807) is 0 Å². The van der Waals surface area contributed by atoms with Crippen LogP contribution >= 0.6 is 0 Å². The van der Waals surface area contributed by atoms with Gasteiger partial charge in [-0.3, -0.25) is 0 Å². The van der Waals surface area contributed by atoms with Crippen LogP contribution in [0.25, 0.3) is 0 Å². The Bertz CT molecular complexity index is 329. The van der Waals surface area contributed by atoms with Crippen LogP contribution in [-0.4, -0.2) is 13.1 Å². The van der Waals surface area contributed by atoms with Crippen molar-refractivity contribution in [1.82, 2.24) is 5.32 Å². The predicted octanol–water partition coefficient (Wildman–Crippen LogP) is 1.82. The van der Waals surface area contributed by atoms with Crippen LogP contribution in [0.4, 0.5) is 0 Å². The molecule has 0 spiro atoms. The second kappa shape index (κ2) is 4.33. The van der Waals surface area contributed by atoms with E-state index < -0.39 is 0 Å². The number of nitrogens with one attached hydrogen (secondary N) is 1. The molecule has 1 aliphatic rings. The topological polar surface area (TPSA) is 38.0 Å². The van der Waals surface area contributed by atoms with E-state index in [2.05, 4.69) is 36.5 Å². The van der Waals surface area contributed by atoms with Gasteiger partial charge >= 0.3 is 0 Å². The lowest BCUT2D eigenvalue weighted by Gasteiger charge is -2.13. The van der Waals surface area contributed by atoms with Crippen molar-refractivity contribution in [3.05, 3.63) is 35.4 Å². The van der Waals surface area contributed by atoms with Crippen LogP contribution in [0.1, 0.15) is 24.0 Å². The Morgan fingerprint density at radius 1 is 1.40 bits per heavy atom. The van der Waals surface area contributed by atoms with Crippen molar-refractivity contribution >= 4 is 0 Å². The van der Waals surface area contributed by atoms with Gasteiger partial charge in [0.2, 0.25) is 0 Å². The Balaban J connectivity index is 1.78. The first-order chi connectivity index (χ1) is 7.24. The second-order valence-electron chi connectivity index (χ2n) is 4.80. The van der Waals surface area contributed by atoms with Crippen molar-refractivity contribution in [2.75, 3.05) is 13.1 Å². The number of nitrogens with two attached hydrogens (primary N) is 1. The molecule has 0 saturated heterocycles. The van der Waals surface area contributed by atoms with Gasteiger partial charge in [0.15, 0.2) is 0 Å². The van der Waals surface area contributed by atoms with Crippen LogP contribution in [0.3, 0.4) is 0 Å². The maximum Gasteiger partial charge on any atom is 0.0205 e. The van der Waals surface area contributed by atoms with Crippen LogP contribution in [0.2, 0.25) is 0 Å². The molecule has 1 aliphatic carbocycles. The number of rotatable bonds is 5. The molecule has 0 bridgehead atoms. The number of hydrogen-bond donors (Lipinski definition) is 2. The van der Waals surface area contributed by atoms with Gasteiger partial charge in [-0.15, -0.1) is 0 Å². The minimum Gasteiger partial charge on any atom is -0.330 e. The minimum atomic E-state index is 0.434. The minimum absolute atomic E-state index is 0.434. The maximum absolute atomic E-state index is 5.73. The molecule has 1 aromatic rings. The molecule has 2 rings (SSSR count). The van der Waals surface area contributed by atoms with Gasteiger partial charge < -0.3 is 11.1 Å². The van der Waals surface area contributed by atoms with Crippen LogP contribution in [0.15, 0.2) is 24.3 Å². The number of hydrogen-bond acceptors (Lipinski definition) is 2. The van der Waals surface area contributed by atoms with Crippen LogP contribution in [-0.2, 0) is 6.54 Å². The van der Waals surface area contributed by atoms with Crippen molar-refractivity contribution in [3.8, 4) is 0 Å². The molecule has 82 valence electrons. The smallest absolute Gasteiger partial charge is 0.0205 e. The summed E-state index contributed by atoms with van der Waals surface area (Å²) in [5, 5.41) is 3.50. The van der Waals surface area contributed by atoms with Gasteiger partial charge in [0.1, 0.15) is 0 Å². The van der Waals surface area contributed by atoms with E-state index in [0.717, 1.165) is 19.6 Å². The highest BCUT2D eigenvalue weighted by atomic mass is 14.9. The van der Waals surface area contributed by atoms with Gasteiger partial charge in [-0.1, -0.05) is 29.8 Å². The third-order valence-corrected chi connectivity index (χ3v) is 3.30. The standard InChI is InChI=1S/C13H20N2/c1-11-3-2-4-12(7-11)8-15-10-13(9-14)5-6-13/h2-4,7,15H,5-6,8-10,14H2,1H3. The average molecular weight is 204 g/mol. The Hall–Kier alpha value is -0.860. The highest BCUT2D eigenvalue weighted by Crippen LogP contribution is 2.43. The van der Waals surface area contributed by atoms with E-state index in [1.807, 2.05) is 0 Å². The van der Waals surface area contributed by atoms with Gasteiger partial charge in [-0.05, 0) is 37.3 Å². The lowest BCUT2D eigenvalue weighted by atomic mass is 10.1. The summed E-state index contributed by atoms with van der Waals surface area (Å²) in [6.07, 6.45) is 2.59. The maximum atomic E-state index is 5.73. The molecule has 0 atom stereocenters. The Morgan fingerprint density at radius 2 is 2.20 bits per heavy atom. The molecule has 0 aromatic heterocycles. The summed E-state index contributed by atoms with van der Waals surface area (Å²) >= 11 is 0. The van der Waals surface area contributed by atoms with E-state index in [1.165, 1.54) is 24.0 Å². The van der Waals surface area contributed by atoms with E-state index in [0.29, 0.717) is 5.41 Å². The highest BCUT2D eigenvalue weighted by Gasteiger charge is 2.40. The second-order valence-corrected chi connectivity index (χ2v) is 4.80. The highest BCUT2D eigenvalue weighted by molar-refractivity contribution is 5.22. The van der Waals surface area contributed by atoms with E-state index in [9.17, 15) is 0 Å². The molecule has 0 radical (unpaired) electrons. The predicted molar refractivity (Wildman–Crippen MR) is 63.6 cm³/mol. The van der Waals surface area contributed by atoms with Crippen LogP contribution < -0.4 is 11.1 Å². The molecular weight excluding hydrogens is 184 g/mol. The fourth-order valence-electron chi connectivity index (χ4n) is 1.92. The molecule has 0 aliphatic heterocycles. The third kappa shape index (κ3) is 2.80. The van der Waals surface area contributed by atoms with Crippen molar-refractivity contribution in [2.24, 2.45) is 11.1 Å². The van der Waals surface area contributed by atoms with Gasteiger partial charge in [0, 0.05) is 13.1 Å². The van der Waals surface area contributed by atoms with Crippen molar-refractivity contribution < 1.29 is 0 Å². The van der Waals surface area contributed by atoms with Crippen molar-refractivity contribution in [3.63, 3.8) is 0 Å². The van der Waals surface area contributed by atoms with E-state index in [4.69, 9.17) is 5.73 Å². The molecule has 2 nitrogen and oxygen atoms in total. The summed E-state index contributed by atoms with van der Waals surface area (Å²) in [6, 6.07) is 8.64. The summed E-state index contributed by atoms with van der Waals surface area (Å²) in [5.74, 6) is 0. The monoisotopic (exact) mass is 204 g/mol. The lowest BCUT2D eigenvalue weighted by molar-refractivity contribution is 0.468. The molecule has 3 N–H and O–H groups in total. The zero-order valence-electron chi connectivity index (χ0n) is 9.42. The van der Waals surface area contributed by atoms with Gasteiger partial charge in [-0.25, -0.2) is 0 Å². The fraction of sp³-hybridized carbons (Fsp3) is 0.538. The first-order valence-corrected chi connectivity index (χ1v) is 5.70. The molecule has 0 heterocycles.